The molecule has 68 valence electrons. The molecule has 0 amide bonds. The Hall–Kier alpha value is -0.0800. The number of rotatable bonds is 3. The van der Waals surface area contributed by atoms with Gasteiger partial charge in [-0.15, -0.1) is 0 Å². The van der Waals surface area contributed by atoms with Crippen molar-refractivity contribution in [1.82, 2.24) is 0 Å². The molecule has 0 spiro atoms. The lowest BCUT2D eigenvalue weighted by Gasteiger charge is -2.20. The predicted octanol–water partition coefficient (Wildman–Crippen LogP) is 3.11. The first-order chi connectivity index (χ1) is 5.64. The third kappa shape index (κ3) is 3.11. The van der Waals surface area contributed by atoms with E-state index in [1.54, 1.807) is 0 Å². The summed E-state index contributed by atoms with van der Waals surface area (Å²) < 4.78 is -0.289. The summed E-state index contributed by atoms with van der Waals surface area (Å²) in [5.41, 5.74) is 7.28. The molecular weight excluding hydrogens is 214 g/mol. The zero-order valence-electron chi connectivity index (χ0n) is 7.52. The molecule has 0 saturated heterocycles. The van der Waals surface area contributed by atoms with E-state index in [0.717, 1.165) is 6.42 Å². The summed E-state index contributed by atoms with van der Waals surface area (Å²) in [6.07, 6.45) is 11.0. The second kappa shape index (κ2) is 4.24. The molecule has 0 radical (unpaired) electrons. The third-order valence-electron chi connectivity index (χ3n) is 2.07. The zero-order chi connectivity index (χ0) is 9.03. The van der Waals surface area contributed by atoms with Crippen LogP contribution in [0.15, 0.2) is 23.8 Å². The van der Waals surface area contributed by atoms with Gasteiger partial charge in [0.25, 0.3) is 0 Å². The van der Waals surface area contributed by atoms with Crippen LogP contribution < -0.4 is 5.73 Å². The Morgan fingerprint density at radius 1 is 1.67 bits per heavy atom. The zero-order valence-corrected chi connectivity index (χ0v) is 9.10. The maximum absolute atomic E-state index is 5.85. The van der Waals surface area contributed by atoms with Crippen molar-refractivity contribution in [1.29, 1.82) is 0 Å². The molecule has 1 unspecified atom stereocenters. The number of hydrogen-bond acceptors (Lipinski definition) is 1. The lowest BCUT2D eigenvalue weighted by Crippen LogP contribution is -2.30. The van der Waals surface area contributed by atoms with Crippen LogP contribution in [0, 0.1) is 0 Å². The fourth-order valence-corrected chi connectivity index (χ4v) is 1.53. The van der Waals surface area contributed by atoms with Crippen molar-refractivity contribution in [2.24, 2.45) is 5.73 Å². The number of allylic oxidation sites excluding steroid dienone is 2. The van der Waals surface area contributed by atoms with Crippen LogP contribution in [-0.2, 0) is 0 Å². The van der Waals surface area contributed by atoms with Crippen molar-refractivity contribution >= 4 is 15.9 Å². The number of halogens is 1. The summed E-state index contributed by atoms with van der Waals surface area (Å²) >= 11 is 3.43. The molecule has 0 aromatic rings. The number of unbranched alkanes of at least 4 members (excludes halogenated alkanes) is 1. The van der Waals surface area contributed by atoms with Crippen LogP contribution in [-0.4, -0.2) is 4.45 Å². The van der Waals surface area contributed by atoms with Gasteiger partial charge in [0.2, 0.25) is 0 Å². The Balaban J connectivity index is 2.42. The van der Waals surface area contributed by atoms with E-state index >= 15 is 0 Å². The Morgan fingerprint density at radius 3 is 2.92 bits per heavy atom. The summed E-state index contributed by atoms with van der Waals surface area (Å²) in [4.78, 5) is 0. The van der Waals surface area contributed by atoms with Crippen molar-refractivity contribution in [2.45, 2.75) is 37.1 Å². The van der Waals surface area contributed by atoms with E-state index in [-0.39, 0.29) is 4.45 Å². The molecule has 0 fully saturated rings. The highest BCUT2D eigenvalue weighted by Crippen LogP contribution is 2.25. The van der Waals surface area contributed by atoms with Crippen LogP contribution in [0.25, 0.3) is 0 Å². The molecule has 0 bridgehead atoms. The van der Waals surface area contributed by atoms with Crippen molar-refractivity contribution in [3.63, 3.8) is 0 Å². The predicted molar refractivity (Wildman–Crippen MR) is 57.2 cm³/mol. The highest BCUT2D eigenvalue weighted by molar-refractivity contribution is 9.10. The van der Waals surface area contributed by atoms with Crippen molar-refractivity contribution < 1.29 is 0 Å². The number of nitrogens with two attached hydrogens (primary N) is 1. The molecule has 2 N–H and O–H groups in total. The number of alkyl halides is 1. The molecule has 1 nitrogen and oxygen atoms in total. The minimum absolute atomic E-state index is 0.289. The minimum Gasteiger partial charge on any atom is -0.313 e. The summed E-state index contributed by atoms with van der Waals surface area (Å²) in [5.74, 6) is 0. The van der Waals surface area contributed by atoms with Gasteiger partial charge in [0, 0.05) is 0 Å². The van der Waals surface area contributed by atoms with Gasteiger partial charge in [-0.05, 0) is 19.3 Å². The van der Waals surface area contributed by atoms with Crippen molar-refractivity contribution in [3.8, 4) is 0 Å². The highest BCUT2D eigenvalue weighted by Gasteiger charge is 2.17. The molecule has 1 atom stereocenters. The van der Waals surface area contributed by atoms with E-state index in [9.17, 15) is 0 Å². The van der Waals surface area contributed by atoms with Crippen LogP contribution in [0.3, 0.4) is 0 Å². The fourth-order valence-electron chi connectivity index (χ4n) is 1.24. The lowest BCUT2D eigenvalue weighted by atomic mass is 9.99. The molecule has 0 saturated carbocycles. The second-order valence-electron chi connectivity index (χ2n) is 3.35. The van der Waals surface area contributed by atoms with Crippen LogP contribution in [0.4, 0.5) is 0 Å². The average Bonchev–Trinajstić information content (AvgIpc) is 2.03. The molecule has 1 aliphatic carbocycles. The van der Waals surface area contributed by atoms with Gasteiger partial charge in [0.15, 0.2) is 0 Å². The van der Waals surface area contributed by atoms with Crippen LogP contribution >= 0.6 is 15.9 Å². The monoisotopic (exact) mass is 229 g/mol. The quantitative estimate of drug-likeness (QED) is 0.585. The summed E-state index contributed by atoms with van der Waals surface area (Å²) in [6, 6.07) is 0. The van der Waals surface area contributed by atoms with Gasteiger partial charge in [-0.25, -0.2) is 0 Å². The second-order valence-corrected chi connectivity index (χ2v) is 4.82. The van der Waals surface area contributed by atoms with Gasteiger partial charge in [-0.2, -0.15) is 0 Å². The molecule has 0 heterocycles. The average molecular weight is 230 g/mol. The summed E-state index contributed by atoms with van der Waals surface area (Å²) in [6.45, 7) is 2.21. The van der Waals surface area contributed by atoms with Gasteiger partial charge < -0.3 is 5.73 Å². The first-order valence-electron chi connectivity index (χ1n) is 4.50. The van der Waals surface area contributed by atoms with Gasteiger partial charge in [0.05, 0.1) is 4.45 Å². The Morgan fingerprint density at radius 2 is 2.42 bits per heavy atom. The maximum atomic E-state index is 5.85. The van der Waals surface area contributed by atoms with E-state index in [1.807, 2.05) is 6.08 Å². The van der Waals surface area contributed by atoms with E-state index in [0.29, 0.717) is 0 Å². The first-order valence-corrected chi connectivity index (χ1v) is 5.29. The maximum Gasteiger partial charge on any atom is 0.0940 e. The topological polar surface area (TPSA) is 26.0 Å². The Kier molecular flexibility index (Phi) is 3.53. The van der Waals surface area contributed by atoms with Gasteiger partial charge in [0.1, 0.15) is 0 Å². The van der Waals surface area contributed by atoms with Crippen LogP contribution in [0.2, 0.25) is 0 Å². The van der Waals surface area contributed by atoms with Gasteiger partial charge in [-0.1, -0.05) is 53.1 Å². The van der Waals surface area contributed by atoms with E-state index < -0.39 is 0 Å². The molecule has 2 heteroatoms. The minimum atomic E-state index is -0.289. The van der Waals surface area contributed by atoms with Crippen LogP contribution in [0.1, 0.15) is 32.6 Å². The molecular formula is C10H16BrN. The lowest BCUT2D eigenvalue weighted by molar-refractivity contribution is 0.741. The smallest absolute Gasteiger partial charge is 0.0940 e. The van der Waals surface area contributed by atoms with E-state index in [2.05, 4.69) is 35.0 Å². The summed E-state index contributed by atoms with van der Waals surface area (Å²) in [7, 11) is 0. The normalized spacial score (nSPS) is 28.8. The third-order valence-corrected chi connectivity index (χ3v) is 2.66. The van der Waals surface area contributed by atoms with Gasteiger partial charge in [-0.3, -0.25) is 0 Å². The Labute approximate surface area is 82.8 Å². The van der Waals surface area contributed by atoms with Crippen LogP contribution in [0.5, 0.6) is 0 Å². The molecule has 0 aromatic carbocycles. The summed E-state index contributed by atoms with van der Waals surface area (Å²) in [5, 5.41) is 0. The SMILES string of the molecule is CCCCC1=CCC(N)(Br)C=C1. The molecule has 0 aromatic heterocycles. The van der Waals surface area contributed by atoms with Crippen molar-refractivity contribution in [3.05, 3.63) is 23.8 Å². The van der Waals surface area contributed by atoms with E-state index in [1.165, 1.54) is 24.8 Å². The first kappa shape index (κ1) is 10.0. The molecule has 12 heavy (non-hydrogen) atoms. The van der Waals surface area contributed by atoms with Gasteiger partial charge >= 0.3 is 0 Å². The van der Waals surface area contributed by atoms with E-state index in [4.69, 9.17) is 5.73 Å². The van der Waals surface area contributed by atoms with Crippen molar-refractivity contribution in [2.75, 3.05) is 0 Å². The molecule has 1 rings (SSSR count). The number of hydrogen-bond donors (Lipinski definition) is 1. The Bertz CT molecular complexity index is 204. The highest BCUT2D eigenvalue weighted by atomic mass is 79.9. The molecule has 0 aliphatic heterocycles. The standard InChI is InChI=1S/C10H16BrN/c1-2-3-4-9-5-7-10(11,12)8-6-9/h5-7H,2-4,8,12H2,1H3. The largest absolute Gasteiger partial charge is 0.313 e. The molecule has 1 aliphatic rings. The fraction of sp³-hybridized carbons (Fsp3) is 0.600.